The van der Waals surface area contributed by atoms with Crippen molar-refractivity contribution in [3.8, 4) is 5.75 Å². The molecular formula is C16H15ClF2NOY-. The molecule has 1 radical (unpaired) electrons. The van der Waals surface area contributed by atoms with Gasteiger partial charge in [0.1, 0.15) is 5.75 Å². The van der Waals surface area contributed by atoms with Crippen molar-refractivity contribution in [2.24, 2.45) is 0 Å². The Morgan fingerprint density at radius 1 is 1.27 bits per heavy atom. The molecule has 2 nitrogen and oxygen atoms in total. The molecule has 1 heterocycles. The van der Waals surface area contributed by atoms with Gasteiger partial charge in [0.05, 0.1) is 18.2 Å². The Labute approximate surface area is 159 Å². The smallest absolute Gasteiger partial charge is 0.122 e. The molecule has 1 aliphatic heterocycles. The molecule has 115 valence electrons. The first-order valence-corrected chi connectivity index (χ1v) is 6.95. The van der Waals surface area contributed by atoms with Crippen LogP contribution >= 0.6 is 11.6 Å². The zero-order chi connectivity index (χ0) is 15.6. The fourth-order valence-corrected chi connectivity index (χ4v) is 2.30. The van der Waals surface area contributed by atoms with Gasteiger partial charge in [0.2, 0.25) is 0 Å². The molecule has 0 unspecified atom stereocenters. The third-order valence-corrected chi connectivity index (χ3v) is 3.41. The summed E-state index contributed by atoms with van der Waals surface area (Å²) in [6, 6.07) is 2.32. The van der Waals surface area contributed by atoms with Crippen LogP contribution in [0.1, 0.15) is 19.4 Å². The second-order valence-corrected chi connectivity index (χ2v) is 4.78. The predicted molar refractivity (Wildman–Crippen MR) is 79.6 cm³/mol. The summed E-state index contributed by atoms with van der Waals surface area (Å²) in [6.07, 6.45) is 4.28. The Morgan fingerprint density at radius 3 is 2.36 bits per heavy atom. The monoisotopic (exact) mass is 399 g/mol. The van der Waals surface area contributed by atoms with Crippen LogP contribution in [0, 0.1) is 17.7 Å². The number of hydrogen-bond acceptors (Lipinski definition) is 2. The van der Waals surface area contributed by atoms with E-state index in [1.807, 2.05) is 6.92 Å². The van der Waals surface area contributed by atoms with Gasteiger partial charge in [-0.2, -0.15) is 23.8 Å². The fourth-order valence-electron chi connectivity index (χ4n) is 2.14. The van der Waals surface area contributed by atoms with Crippen molar-refractivity contribution in [3.05, 3.63) is 58.8 Å². The van der Waals surface area contributed by atoms with Gasteiger partial charge in [-0.05, 0) is 30.1 Å². The second-order valence-electron chi connectivity index (χ2n) is 4.37. The zero-order valence-electron chi connectivity index (χ0n) is 12.4. The molecule has 0 aliphatic carbocycles. The molecule has 0 aromatic heterocycles. The van der Waals surface area contributed by atoms with Crippen LogP contribution in [0.15, 0.2) is 35.5 Å². The number of likely N-dealkylation sites (N-methyl/N-ethyl adjacent to an activating group) is 1. The summed E-state index contributed by atoms with van der Waals surface area (Å²) in [5.74, 6) is -1.26. The van der Waals surface area contributed by atoms with Gasteiger partial charge in [-0.3, -0.25) is 0 Å². The second kappa shape index (κ2) is 8.23. The molecule has 22 heavy (non-hydrogen) atoms. The Bertz CT molecular complexity index is 620. The van der Waals surface area contributed by atoms with Crippen molar-refractivity contribution in [2.75, 3.05) is 13.2 Å². The maximum absolute atomic E-state index is 14.3. The normalized spacial score (nSPS) is 14.2. The quantitative estimate of drug-likeness (QED) is 0.692. The molecule has 0 spiro atoms. The number of hydrogen-bond donors (Lipinski definition) is 0. The van der Waals surface area contributed by atoms with E-state index in [9.17, 15) is 8.78 Å². The topological polar surface area (TPSA) is 12.5 Å². The summed E-state index contributed by atoms with van der Waals surface area (Å²) in [4.78, 5) is 1.62. The number of nitrogens with zero attached hydrogens (tertiary/aromatic N) is 1. The van der Waals surface area contributed by atoms with Gasteiger partial charge >= 0.3 is 0 Å². The minimum absolute atomic E-state index is 0. The van der Waals surface area contributed by atoms with Crippen molar-refractivity contribution in [1.29, 1.82) is 0 Å². The molecule has 6 heteroatoms. The molecule has 1 aromatic carbocycles. The number of allylic oxidation sites excluding steroid dienone is 3. The largest absolute Gasteiger partial charge is 0.494 e. The summed E-state index contributed by atoms with van der Waals surface area (Å²) in [6.45, 7) is 8.22. The molecular weight excluding hydrogens is 385 g/mol. The van der Waals surface area contributed by atoms with Gasteiger partial charge in [-0.15, -0.1) is 0 Å². The van der Waals surface area contributed by atoms with E-state index in [1.54, 1.807) is 11.8 Å². The van der Waals surface area contributed by atoms with Gasteiger partial charge < -0.3 is 9.64 Å². The van der Waals surface area contributed by atoms with Crippen molar-refractivity contribution in [2.45, 2.75) is 13.8 Å². The molecule has 0 bridgehead atoms. The molecule has 0 saturated heterocycles. The average molecular weight is 400 g/mol. The molecule has 0 amide bonds. The average Bonchev–Trinajstić information content (AvgIpc) is 2.42. The van der Waals surface area contributed by atoms with E-state index >= 15 is 0 Å². The van der Waals surface area contributed by atoms with Crippen LogP contribution in [0.5, 0.6) is 5.75 Å². The molecule has 0 N–H and O–H groups in total. The zero-order valence-corrected chi connectivity index (χ0v) is 16.0. The van der Waals surface area contributed by atoms with Crippen molar-refractivity contribution in [3.63, 3.8) is 0 Å². The van der Waals surface area contributed by atoms with E-state index in [-0.39, 0.29) is 49.7 Å². The van der Waals surface area contributed by atoms with Gasteiger partial charge in [-0.25, -0.2) is 8.78 Å². The van der Waals surface area contributed by atoms with Crippen LogP contribution in [-0.2, 0) is 32.7 Å². The molecule has 0 fully saturated rings. The number of ether oxygens (including phenoxy) is 1. The van der Waals surface area contributed by atoms with E-state index in [0.717, 1.165) is 12.1 Å². The molecule has 2 rings (SSSR count). The molecule has 0 atom stereocenters. The Kier molecular flexibility index (Phi) is 7.24. The summed E-state index contributed by atoms with van der Waals surface area (Å²) >= 11 is 5.98. The van der Waals surface area contributed by atoms with E-state index < -0.39 is 11.6 Å². The molecule has 0 saturated carbocycles. The van der Waals surface area contributed by atoms with Gasteiger partial charge in [0.15, 0.2) is 0 Å². The van der Waals surface area contributed by atoms with Crippen LogP contribution in [-0.4, -0.2) is 18.1 Å². The number of rotatable bonds is 4. The minimum Gasteiger partial charge on any atom is -0.494 e. The summed E-state index contributed by atoms with van der Waals surface area (Å²) in [5, 5.41) is 0.396. The summed E-state index contributed by atoms with van der Waals surface area (Å²) in [7, 11) is 0. The molecule has 1 aromatic rings. The van der Waals surface area contributed by atoms with Crippen LogP contribution in [0.25, 0.3) is 5.70 Å². The van der Waals surface area contributed by atoms with Crippen molar-refractivity contribution in [1.82, 2.24) is 4.90 Å². The van der Waals surface area contributed by atoms with Crippen LogP contribution in [0.4, 0.5) is 8.78 Å². The standard InChI is InChI=1S/C16H15ClF2NO.Y/c1-4-20-10(3)12(17)6-7-15(20)16-13(18)8-11(21-5-2)9-14(16)19;/h6,8-9H,3-5H2,1-2H3;/q-1;. The third kappa shape index (κ3) is 3.79. The van der Waals surface area contributed by atoms with E-state index in [4.69, 9.17) is 16.3 Å². The Balaban J connectivity index is 0.00000242. The first kappa shape index (κ1) is 19.3. The maximum Gasteiger partial charge on any atom is 0.122 e. The fraction of sp³-hybridized carbons (Fsp3) is 0.250. The number of halogens is 3. The maximum atomic E-state index is 14.3. The molecule has 1 aliphatic rings. The Hall–Kier alpha value is -0.706. The van der Waals surface area contributed by atoms with Gasteiger partial charge in [0, 0.05) is 51.4 Å². The SMILES string of the molecule is C=C1C(Cl)=C[C-]=C(c2c(F)cc(OCC)cc2F)N1CC.[Y]. The minimum atomic E-state index is -0.710. The van der Waals surface area contributed by atoms with Gasteiger partial charge in [-0.1, -0.05) is 12.3 Å². The van der Waals surface area contributed by atoms with Crippen molar-refractivity contribution < 1.29 is 46.2 Å². The van der Waals surface area contributed by atoms with Crippen LogP contribution in [0.2, 0.25) is 0 Å². The predicted octanol–water partition coefficient (Wildman–Crippen LogP) is 4.48. The first-order valence-electron chi connectivity index (χ1n) is 6.57. The van der Waals surface area contributed by atoms with E-state index in [1.165, 1.54) is 6.08 Å². The van der Waals surface area contributed by atoms with Gasteiger partial charge in [0.25, 0.3) is 0 Å². The van der Waals surface area contributed by atoms with E-state index in [0.29, 0.717) is 23.9 Å². The van der Waals surface area contributed by atoms with Crippen LogP contribution < -0.4 is 4.74 Å². The van der Waals surface area contributed by atoms with E-state index in [2.05, 4.69) is 12.7 Å². The first-order chi connectivity index (χ1) is 9.99. The third-order valence-electron chi connectivity index (χ3n) is 3.09. The number of benzene rings is 1. The summed E-state index contributed by atoms with van der Waals surface area (Å²) < 4.78 is 33.7. The Morgan fingerprint density at radius 2 is 1.86 bits per heavy atom. The van der Waals surface area contributed by atoms with Crippen LogP contribution in [0.3, 0.4) is 0 Å². The summed E-state index contributed by atoms with van der Waals surface area (Å²) in [5.41, 5.74) is 0.590. The van der Waals surface area contributed by atoms with Crippen molar-refractivity contribution >= 4 is 17.3 Å².